The third-order valence-corrected chi connectivity index (χ3v) is 4.66. The Kier molecular flexibility index (Phi) is 4.43. The summed E-state index contributed by atoms with van der Waals surface area (Å²) in [5.41, 5.74) is 4.11. The second kappa shape index (κ2) is 6.89. The molecular formula is C22H19F2NO. The maximum atomic E-state index is 14.5. The van der Waals surface area contributed by atoms with E-state index >= 15 is 0 Å². The molecule has 132 valence electrons. The van der Waals surface area contributed by atoms with Gasteiger partial charge in [0.15, 0.2) is 0 Å². The van der Waals surface area contributed by atoms with Crippen LogP contribution in [0.3, 0.4) is 0 Å². The Labute approximate surface area is 151 Å². The molecule has 0 aromatic heterocycles. The summed E-state index contributed by atoms with van der Waals surface area (Å²) < 4.78 is 33.9. The van der Waals surface area contributed by atoms with Gasteiger partial charge in [0, 0.05) is 30.2 Å². The fourth-order valence-electron chi connectivity index (χ4n) is 3.48. The third kappa shape index (κ3) is 3.08. The summed E-state index contributed by atoms with van der Waals surface area (Å²) in [6.45, 7) is 0.709. The van der Waals surface area contributed by atoms with E-state index in [4.69, 9.17) is 4.74 Å². The fourth-order valence-corrected chi connectivity index (χ4v) is 3.48. The summed E-state index contributed by atoms with van der Waals surface area (Å²) in [6.07, 6.45) is 0.760. The Morgan fingerprint density at radius 1 is 0.962 bits per heavy atom. The summed E-state index contributed by atoms with van der Waals surface area (Å²) in [7, 11) is 1.88. The number of nitrogens with one attached hydrogen (secondary N) is 1. The predicted octanol–water partition coefficient (Wildman–Crippen LogP) is 4.82. The molecule has 26 heavy (non-hydrogen) atoms. The van der Waals surface area contributed by atoms with Gasteiger partial charge in [0.05, 0.1) is 0 Å². The van der Waals surface area contributed by atoms with Gasteiger partial charge in [0.25, 0.3) is 0 Å². The molecule has 1 atom stereocenters. The standard InChI is InChI=1S/C22H19F2NO/c1-25-13-18-10-16-9-15(14-5-3-2-4-6-14)11-20(22(16)26-18)19-8-7-17(23)12-21(19)24/h2-9,11-12,18,25H,10,13H2,1H3. The molecule has 3 aromatic carbocycles. The minimum atomic E-state index is -0.587. The van der Waals surface area contributed by atoms with E-state index in [0.29, 0.717) is 23.4 Å². The zero-order valence-corrected chi connectivity index (χ0v) is 14.4. The summed E-state index contributed by atoms with van der Waals surface area (Å²) in [6, 6.07) is 17.6. The molecule has 0 amide bonds. The third-order valence-electron chi connectivity index (χ3n) is 4.66. The van der Waals surface area contributed by atoms with Crippen molar-refractivity contribution in [1.29, 1.82) is 0 Å². The maximum Gasteiger partial charge on any atom is 0.134 e. The maximum absolute atomic E-state index is 14.5. The van der Waals surface area contributed by atoms with Gasteiger partial charge >= 0.3 is 0 Å². The van der Waals surface area contributed by atoms with E-state index < -0.39 is 11.6 Å². The first kappa shape index (κ1) is 16.7. The molecule has 0 fully saturated rings. The van der Waals surface area contributed by atoms with Crippen LogP contribution >= 0.6 is 0 Å². The quantitative estimate of drug-likeness (QED) is 0.727. The highest BCUT2D eigenvalue weighted by atomic mass is 19.1. The van der Waals surface area contributed by atoms with Crippen LogP contribution in [0, 0.1) is 11.6 Å². The molecule has 4 rings (SSSR count). The Bertz CT molecular complexity index is 940. The van der Waals surface area contributed by atoms with E-state index in [1.807, 2.05) is 43.4 Å². The van der Waals surface area contributed by atoms with Crippen LogP contribution < -0.4 is 10.1 Å². The van der Waals surface area contributed by atoms with Gasteiger partial charge in [-0.1, -0.05) is 30.3 Å². The summed E-state index contributed by atoms with van der Waals surface area (Å²) in [4.78, 5) is 0. The van der Waals surface area contributed by atoms with Crippen LogP contribution in [0.2, 0.25) is 0 Å². The van der Waals surface area contributed by atoms with Crippen LogP contribution in [0.5, 0.6) is 5.75 Å². The van der Waals surface area contributed by atoms with Crippen molar-refractivity contribution in [2.45, 2.75) is 12.5 Å². The lowest BCUT2D eigenvalue weighted by Gasteiger charge is -2.14. The smallest absolute Gasteiger partial charge is 0.134 e. The van der Waals surface area contributed by atoms with Crippen molar-refractivity contribution in [3.05, 3.63) is 77.9 Å². The Morgan fingerprint density at radius 3 is 2.50 bits per heavy atom. The number of likely N-dealkylation sites (N-methyl/N-ethyl adjacent to an activating group) is 1. The van der Waals surface area contributed by atoms with E-state index in [1.165, 1.54) is 12.1 Å². The SMILES string of the molecule is CNCC1Cc2cc(-c3ccccc3)cc(-c3ccc(F)cc3F)c2O1. The van der Waals surface area contributed by atoms with Crippen molar-refractivity contribution in [3.63, 3.8) is 0 Å². The highest BCUT2D eigenvalue weighted by Gasteiger charge is 2.27. The van der Waals surface area contributed by atoms with Crippen molar-refractivity contribution >= 4 is 0 Å². The van der Waals surface area contributed by atoms with Gasteiger partial charge in [-0.3, -0.25) is 0 Å². The van der Waals surface area contributed by atoms with Crippen LogP contribution in [0.15, 0.2) is 60.7 Å². The predicted molar refractivity (Wildman–Crippen MR) is 99.3 cm³/mol. The van der Waals surface area contributed by atoms with Crippen molar-refractivity contribution < 1.29 is 13.5 Å². The van der Waals surface area contributed by atoms with Gasteiger partial charge < -0.3 is 10.1 Å². The van der Waals surface area contributed by atoms with Crippen LogP contribution in [-0.4, -0.2) is 19.7 Å². The lowest BCUT2D eigenvalue weighted by atomic mass is 9.94. The van der Waals surface area contributed by atoms with E-state index in [9.17, 15) is 8.78 Å². The van der Waals surface area contributed by atoms with Crippen LogP contribution in [0.1, 0.15) is 5.56 Å². The number of ether oxygens (including phenoxy) is 1. The first-order chi connectivity index (χ1) is 12.7. The molecule has 0 radical (unpaired) electrons. The highest BCUT2D eigenvalue weighted by Crippen LogP contribution is 2.42. The number of hydrogen-bond donors (Lipinski definition) is 1. The normalized spacial score (nSPS) is 15.6. The largest absolute Gasteiger partial charge is 0.488 e. The zero-order valence-electron chi connectivity index (χ0n) is 14.4. The van der Waals surface area contributed by atoms with E-state index in [-0.39, 0.29) is 6.10 Å². The number of fused-ring (bicyclic) bond motifs is 1. The van der Waals surface area contributed by atoms with Gasteiger partial charge in [-0.05, 0) is 48.0 Å². The summed E-state index contributed by atoms with van der Waals surface area (Å²) in [5, 5.41) is 3.12. The molecule has 1 heterocycles. The van der Waals surface area contributed by atoms with E-state index in [1.54, 1.807) is 0 Å². The summed E-state index contributed by atoms with van der Waals surface area (Å²) in [5.74, 6) is -0.482. The van der Waals surface area contributed by atoms with Crippen LogP contribution in [0.25, 0.3) is 22.3 Å². The van der Waals surface area contributed by atoms with E-state index in [2.05, 4.69) is 11.4 Å². The second-order valence-corrected chi connectivity index (χ2v) is 6.50. The average molecular weight is 351 g/mol. The fraction of sp³-hybridized carbons (Fsp3) is 0.182. The Hall–Kier alpha value is -2.72. The molecule has 0 saturated heterocycles. The van der Waals surface area contributed by atoms with E-state index in [0.717, 1.165) is 29.2 Å². The number of rotatable bonds is 4. The van der Waals surface area contributed by atoms with Gasteiger partial charge in [-0.2, -0.15) is 0 Å². The molecule has 0 bridgehead atoms. The van der Waals surface area contributed by atoms with Crippen molar-refractivity contribution in [2.24, 2.45) is 0 Å². The molecule has 1 N–H and O–H groups in total. The molecule has 2 nitrogen and oxygen atoms in total. The molecule has 0 aliphatic carbocycles. The number of benzene rings is 3. The number of halogens is 2. The Balaban J connectivity index is 1.88. The Morgan fingerprint density at radius 2 is 1.77 bits per heavy atom. The second-order valence-electron chi connectivity index (χ2n) is 6.50. The minimum absolute atomic E-state index is 0.00304. The molecule has 1 aliphatic heterocycles. The topological polar surface area (TPSA) is 21.3 Å². The van der Waals surface area contributed by atoms with Gasteiger partial charge in [-0.25, -0.2) is 8.78 Å². The molecule has 0 saturated carbocycles. The molecule has 4 heteroatoms. The molecular weight excluding hydrogens is 332 g/mol. The van der Waals surface area contributed by atoms with Crippen molar-refractivity contribution in [3.8, 4) is 28.0 Å². The first-order valence-corrected chi connectivity index (χ1v) is 8.64. The molecule has 1 unspecified atom stereocenters. The van der Waals surface area contributed by atoms with Gasteiger partial charge in [0.1, 0.15) is 23.5 Å². The summed E-state index contributed by atoms with van der Waals surface area (Å²) >= 11 is 0. The molecule has 3 aromatic rings. The lowest BCUT2D eigenvalue weighted by Crippen LogP contribution is -2.27. The zero-order chi connectivity index (χ0) is 18.1. The van der Waals surface area contributed by atoms with Crippen molar-refractivity contribution in [1.82, 2.24) is 5.32 Å². The highest BCUT2D eigenvalue weighted by molar-refractivity contribution is 5.80. The molecule has 1 aliphatic rings. The van der Waals surface area contributed by atoms with Gasteiger partial charge in [-0.15, -0.1) is 0 Å². The molecule has 0 spiro atoms. The monoisotopic (exact) mass is 351 g/mol. The van der Waals surface area contributed by atoms with Gasteiger partial charge in [0.2, 0.25) is 0 Å². The average Bonchev–Trinajstić information content (AvgIpc) is 3.05. The van der Waals surface area contributed by atoms with Crippen molar-refractivity contribution in [2.75, 3.05) is 13.6 Å². The minimum Gasteiger partial charge on any atom is -0.488 e. The van der Waals surface area contributed by atoms with Crippen LogP contribution in [0.4, 0.5) is 8.78 Å². The van der Waals surface area contributed by atoms with Crippen LogP contribution in [-0.2, 0) is 6.42 Å². The first-order valence-electron chi connectivity index (χ1n) is 8.64. The number of hydrogen-bond acceptors (Lipinski definition) is 2. The lowest BCUT2D eigenvalue weighted by molar-refractivity contribution is 0.232.